The Kier molecular flexibility index (Phi) is 26.4. The molecule has 0 aromatic rings. The minimum Gasteiger partial charge on any atom is -0.748 e. The van der Waals surface area contributed by atoms with Crippen LogP contribution in [0.2, 0.25) is 0 Å². The molecule has 0 atom stereocenters. The van der Waals surface area contributed by atoms with Gasteiger partial charge in [0.25, 0.3) is 0 Å². The Bertz CT molecular complexity index is 436. The van der Waals surface area contributed by atoms with Crippen LogP contribution in [0.3, 0.4) is 0 Å². The minimum absolute atomic E-state index is 0.604. The molecule has 32 heavy (non-hydrogen) atoms. The van der Waals surface area contributed by atoms with Gasteiger partial charge in [-0.3, -0.25) is 0 Å². The summed E-state index contributed by atoms with van der Waals surface area (Å²) < 4.78 is 27.2. The number of hydrogen-bond donors (Lipinski definition) is 0. The van der Waals surface area contributed by atoms with Gasteiger partial charge in [0, 0.05) is 13.5 Å². The fraction of sp³-hybridized carbons (Fsp3) is 1.00. The van der Waals surface area contributed by atoms with Crippen molar-refractivity contribution < 1.29 is 13.0 Å². The second-order valence-electron chi connectivity index (χ2n) is 9.89. The van der Waals surface area contributed by atoms with Gasteiger partial charge in [0.05, 0.1) is 34.8 Å². The number of hydrogen-bond acceptors (Lipinski definition) is 3. The third-order valence-electron chi connectivity index (χ3n) is 6.44. The molecule has 0 aliphatic carbocycles. The molecule has 0 heterocycles. The summed E-state index contributed by atoms with van der Waals surface area (Å²) in [5.74, 6) is 0. The zero-order chi connectivity index (χ0) is 24.6. The standard InChI is InChI=1S/C26H56P.CH4O3S/c1-5-9-13-14-15-16-17-18-19-20-21-22-26-27(23-10-6-2,24-11-7-3)25-12-8-4;1-5(2,3)4/h5-26H2,1-4H3;1H3,(H,2,3,4)/q+1;/p-1. The summed E-state index contributed by atoms with van der Waals surface area (Å²) in [6.07, 6.45) is 33.6. The van der Waals surface area contributed by atoms with Gasteiger partial charge < -0.3 is 4.55 Å². The van der Waals surface area contributed by atoms with Gasteiger partial charge in [0.2, 0.25) is 0 Å². The van der Waals surface area contributed by atoms with E-state index in [1.54, 1.807) is 31.1 Å². The van der Waals surface area contributed by atoms with E-state index in [1.807, 2.05) is 0 Å². The van der Waals surface area contributed by atoms with Crippen molar-refractivity contribution in [2.45, 2.75) is 143 Å². The first-order chi connectivity index (χ1) is 15.2. The summed E-state index contributed by atoms with van der Waals surface area (Å²) in [6, 6.07) is 0. The second-order valence-corrected chi connectivity index (χ2v) is 15.8. The zero-order valence-electron chi connectivity index (χ0n) is 22.6. The fourth-order valence-corrected chi connectivity index (χ4v) is 9.64. The molecule has 0 aromatic heterocycles. The van der Waals surface area contributed by atoms with Crippen molar-refractivity contribution in [2.75, 3.05) is 30.9 Å². The molecule has 3 nitrogen and oxygen atoms in total. The molecule has 0 amide bonds. The summed E-state index contributed by atoms with van der Waals surface area (Å²) in [6.45, 7) is 9.47. The van der Waals surface area contributed by atoms with Gasteiger partial charge >= 0.3 is 0 Å². The SMILES string of the molecule is CCCCCCCCCCCCCC[P+](CCCC)(CCCC)CCCC.CS(=O)(=O)[O-]. The Morgan fingerprint density at radius 3 is 0.969 bits per heavy atom. The van der Waals surface area contributed by atoms with Gasteiger partial charge in [-0.15, -0.1) is 0 Å². The van der Waals surface area contributed by atoms with E-state index in [9.17, 15) is 0 Å². The van der Waals surface area contributed by atoms with Crippen LogP contribution in [-0.4, -0.2) is 43.9 Å². The summed E-state index contributed by atoms with van der Waals surface area (Å²) in [5, 5.41) is 0. The summed E-state index contributed by atoms with van der Waals surface area (Å²) in [7, 11) is -4.54. The monoisotopic (exact) mass is 494 g/mol. The van der Waals surface area contributed by atoms with E-state index in [0.717, 1.165) is 0 Å². The molecule has 0 aromatic carbocycles. The third-order valence-corrected chi connectivity index (χ3v) is 11.5. The molecular formula is C27H59O3PS. The Balaban J connectivity index is 0. The van der Waals surface area contributed by atoms with E-state index in [4.69, 9.17) is 13.0 Å². The Morgan fingerprint density at radius 2 is 0.688 bits per heavy atom. The summed E-state index contributed by atoms with van der Waals surface area (Å²) in [5.41, 5.74) is 0. The van der Waals surface area contributed by atoms with Crippen molar-refractivity contribution in [3.63, 3.8) is 0 Å². The molecule has 5 heteroatoms. The van der Waals surface area contributed by atoms with E-state index in [-0.39, 0.29) is 0 Å². The van der Waals surface area contributed by atoms with Crippen LogP contribution in [0, 0.1) is 0 Å². The normalized spacial score (nSPS) is 11.9. The van der Waals surface area contributed by atoms with Crippen molar-refractivity contribution in [2.24, 2.45) is 0 Å². The number of unbranched alkanes of at least 4 members (excludes halogenated alkanes) is 14. The average Bonchev–Trinajstić information content (AvgIpc) is 2.74. The van der Waals surface area contributed by atoms with Gasteiger partial charge in [-0.25, -0.2) is 8.42 Å². The highest BCUT2D eigenvalue weighted by Crippen LogP contribution is 2.61. The highest BCUT2D eigenvalue weighted by atomic mass is 32.2. The van der Waals surface area contributed by atoms with Gasteiger partial charge in [0.1, 0.15) is 0 Å². The summed E-state index contributed by atoms with van der Waals surface area (Å²) in [4.78, 5) is 0. The Morgan fingerprint density at radius 1 is 0.469 bits per heavy atom. The van der Waals surface area contributed by atoms with E-state index in [0.29, 0.717) is 6.26 Å². The van der Waals surface area contributed by atoms with Crippen LogP contribution in [0.1, 0.15) is 143 Å². The lowest BCUT2D eigenvalue weighted by atomic mass is 10.1. The first-order valence-corrected chi connectivity index (χ1v) is 18.3. The molecule has 0 fully saturated rings. The predicted molar refractivity (Wildman–Crippen MR) is 148 cm³/mol. The van der Waals surface area contributed by atoms with Crippen LogP contribution < -0.4 is 0 Å². The zero-order valence-corrected chi connectivity index (χ0v) is 24.3. The van der Waals surface area contributed by atoms with Crippen LogP contribution in [0.15, 0.2) is 0 Å². The maximum Gasteiger partial charge on any atom is 0.0916 e. The fourth-order valence-electron chi connectivity index (χ4n) is 4.44. The highest BCUT2D eigenvalue weighted by molar-refractivity contribution is 7.84. The van der Waals surface area contributed by atoms with Crippen LogP contribution >= 0.6 is 7.26 Å². The molecule has 0 aliphatic heterocycles. The van der Waals surface area contributed by atoms with E-state index >= 15 is 0 Å². The van der Waals surface area contributed by atoms with Crippen LogP contribution in [0.25, 0.3) is 0 Å². The van der Waals surface area contributed by atoms with Gasteiger partial charge in [-0.2, -0.15) is 0 Å². The first-order valence-electron chi connectivity index (χ1n) is 14.0. The van der Waals surface area contributed by atoms with Crippen molar-refractivity contribution >= 4 is 17.4 Å². The molecule has 0 N–H and O–H groups in total. The maximum absolute atomic E-state index is 9.08. The van der Waals surface area contributed by atoms with Gasteiger partial charge in [-0.1, -0.05) is 111 Å². The van der Waals surface area contributed by atoms with Gasteiger partial charge in [0.15, 0.2) is 0 Å². The van der Waals surface area contributed by atoms with E-state index in [2.05, 4.69) is 27.7 Å². The molecule has 0 bridgehead atoms. The maximum atomic E-state index is 9.08. The van der Waals surface area contributed by atoms with Crippen molar-refractivity contribution in [3.05, 3.63) is 0 Å². The summed E-state index contributed by atoms with van der Waals surface area (Å²) >= 11 is 0. The molecule has 0 saturated carbocycles. The lowest BCUT2D eigenvalue weighted by molar-refractivity contribution is 0.470. The first kappa shape index (κ1) is 34.5. The topological polar surface area (TPSA) is 57.2 Å². The Hall–Kier alpha value is 0.340. The molecular weight excluding hydrogens is 435 g/mol. The molecule has 0 rings (SSSR count). The van der Waals surface area contributed by atoms with Crippen LogP contribution in [0.4, 0.5) is 0 Å². The van der Waals surface area contributed by atoms with Crippen LogP contribution in [-0.2, 0) is 10.1 Å². The molecule has 196 valence electrons. The molecule has 0 unspecified atom stereocenters. The smallest absolute Gasteiger partial charge is 0.0916 e. The lowest BCUT2D eigenvalue weighted by Gasteiger charge is -2.28. The second kappa shape index (κ2) is 24.5. The van der Waals surface area contributed by atoms with Crippen molar-refractivity contribution in [3.8, 4) is 0 Å². The third kappa shape index (κ3) is 28.4. The van der Waals surface area contributed by atoms with Crippen molar-refractivity contribution in [1.82, 2.24) is 0 Å². The van der Waals surface area contributed by atoms with E-state index in [1.165, 1.54) is 109 Å². The lowest BCUT2D eigenvalue weighted by Crippen LogP contribution is -2.13. The van der Waals surface area contributed by atoms with Crippen LogP contribution in [0.5, 0.6) is 0 Å². The molecule has 0 saturated heterocycles. The van der Waals surface area contributed by atoms with E-state index < -0.39 is 17.4 Å². The highest BCUT2D eigenvalue weighted by Gasteiger charge is 2.34. The molecule has 0 aliphatic rings. The van der Waals surface area contributed by atoms with Crippen molar-refractivity contribution in [1.29, 1.82) is 0 Å². The molecule has 0 radical (unpaired) electrons. The average molecular weight is 495 g/mol. The quantitative estimate of drug-likeness (QED) is 0.0855. The number of rotatable bonds is 22. The minimum atomic E-state index is -3.92. The molecule has 0 spiro atoms. The largest absolute Gasteiger partial charge is 0.748 e. The van der Waals surface area contributed by atoms with Gasteiger partial charge in [-0.05, 0) is 32.1 Å². The predicted octanol–water partition coefficient (Wildman–Crippen LogP) is 9.27. The Labute approximate surface area is 204 Å².